The summed E-state index contributed by atoms with van der Waals surface area (Å²) in [5.41, 5.74) is 1.21. The highest BCUT2D eigenvalue weighted by Gasteiger charge is 1.98. The fourth-order valence-corrected chi connectivity index (χ4v) is 2.08. The summed E-state index contributed by atoms with van der Waals surface area (Å²) in [5, 5.41) is 6.50. The molecule has 0 saturated carbocycles. The van der Waals surface area contributed by atoms with Crippen molar-refractivity contribution < 1.29 is 9.47 Å². The summed E-state index contributed by atoms with van der Waals surface area (Å²) < 4.78 is 12.0. The van der Waals surface area contributed by atoms with Crippen LogP contribution in [0.15, 0.2) is 33.7 Å². The monoisotopic (exact) mass is 513 g/mol. The Kier molecular flexibility index (Phi) is 15.9. The third kappa shape index (κ3) is 12.0. The van der Waals surface area contributed by atoms with E-state index in [1.54, 1.807) is 7.05 Å². The SMILES string of the molecule is CCCCOCCOCCNC(=NC)NCc1ccc(Br)cc1.I. The Morgan fingerprint density at radius 2 is 1.71 bits per heavy atom. The molecule has 0 radical (unpaired) electrons. The summed E-state index contributed by atoms with van der Waals surface area (Å²) in [6, 6.07) is 8.21. The molecule has 1 rings (SSSR count). The molecule has 2 N–H and O–H groups in total. The quantitative estimate of drug-likeness (QED) is 0.205. The number of halogens is 2. The fourth-order valence-electron chi connectivity index (χ4n) is 1.82. The number of hydrogen-bond donors (Lipinski definition) is 2. The lowest BCUT2D eigenvalue weighted by Gasteiger charge is -2.12. The minimum atomic E-state index is 0. The second kappa shape index (κ2) is 16.1. The first-order valence-corrected chi connectivity index (χ1v) is 8.90. The number of benzene rings is 1. The second-order valence-corrected chi connectivity index (χ2v) is 5.97. The minimum Gasteiger partial charge on any atom is -0.379 e. The van der Waals surface area contributed by atoms with Gasteiger partial charge in [0.2, 0.25) is 0 Å². The molecule has 138 valence electrons. The molecule has 0 fully saturated rings. The van der Waals surface area contributed by atoms with E-state index in [-0.39, 0.29) is 24.0 Å². The Labute approximate surface area is 171 Å². The van der Waals surface area contributed by atoms with Crippen molar-refractivity contribution in [3.63, 3.8) is 0 Å². The van der Waals surface area contributed by atoms with E-state index in [1.165, 1.54) is 5.56 Å². The Morgan fingerprint density at radius 3 is 2.33 bits per heavy atom. The van der Waals surface area contributed by atoms with Crippen LogP contribution in [0.4, 0.5) is 0 Å². The number of rotatable bonds is 11. The largest absolute Gasteiger partial charge is 0.379 e. The van der Waals surface area contributed by atoms with Gasteiger partial charge in [-0.25, -0.2) is 0 Å². The maximum Gasteiger partial charge on any atom is 0.191 e. The molecular weight excluding hydrogens is 485 g/mol. The van der Waals surface area contributed by atoms with E-state index < -0.39 is 0 Å². The van der Waals surface area contributed by atoms with Gasteiger partial charge in [-0.1, -0.05) is 41.4 Å². The first kappa shape index (κ1) is 23.6. The average Bonchev–Trinajstić information content (AvgIpc) is 2.57. The van der Waals surface area contributed by atoms with Gasteiger partial charge in [0.05, 0.1) is 19.8 Å². The third-order valence-electron chi connectivity index (χ3n) is 3.15. The summed E-state index contributed by atoms with van der Waals surface area (Å²) in [6.07, 6.45) is 2.28. The lowest BCUT2D eigenvalue weighted by Crippen LogP contribution is -2.38. The zero-order valence-corrected chi connectivity index (χ0v) is 18.4. The molecular formula is C17H29BrIN3O2. The summed E-state index contributed by atoms with van der Waals surface area (Å²) in [6.45, 7) is 6.37. The van der Waals surface area contributed by atoms with Gasteiger partial charge in [-0.15, -0.1) is 24.0 Å². The molecule has 0 saturated heterocycles. The van der Waals surface area contributed by atoms with E-state index in [9.17, 15) is 0 Å². The van der Waals surface area contributed by atoms with Gasteiger partial charge in [-0.2, -0.15) is 0 Å². The van der Waals surface area contributed by atoms with E-state index in [0.29, 0.717) is 19.8 Å². The lowest BCUT2D eigenvalue weighted by atomic mass is 10.2. The standard InChI is InChI=1S/C17H28BrN3O2.HI/c1-3-4-10-22-12-13-23-11-9-20-17(19-2)21-14-15-5-7-16(18)8-6-15;/h5-8H,3-4,9-14H2,1-2H3,(H2,19,20,21);1H. The molecule has 1 aromatic rings. The first-order chi connectivity index (χ1) is 11.3. The lowest BCUT2D eigenvalue weighted by molar-refractivity contribution is 0.0487. The minimum absolute atomic E-state index is 0. The molecule has 0 aliphatic heterocycles. The molecule has 1 aromatic carbocycles. The van der Waals surface area contributed by atoms with Crippen LogP contribution in [0.3, 0.4) is 0 Å². The van der Waals surface area contributed by atoms with Gasteiger partial charge >= 0.3 is 0 Å². The summed E-state index contributed by atoms with van der Waals surface area (Å²) in [5.74, 6) is 0.774. The topological polar surface area (TPSA) is 54.9 Å². The van der Waals surface area contributed by atoms with Crippen LogP contribution in [0, 0.1) is 0 Å². The zero-order valence-electron chi connectivity index (χ0n) is 14.5. The van der Waals surface area contributed by atoms with Crippen molar-refractivity contribution in [2.75, 3.05) is 40.0 Å². The van der Waals surface area contributed by atoms with Crippen LogP contribution in [-0.4, -0.2) is 46.0 Å². The molecule has 0 heterocycles. The van der Waals surface area contributed by atoms with Crippen molar-refractivity contribution in [2.45, 2.75) is 26.3 Å². The van der Waals surface area contributed by atoms with Gasteiger partial charge in [0.15, 0.2) is 5.96 Å². The van der Waals surface area contributed by atoms with Crippen LogP contribution in [-0.2, 0) is 16.0 Å². The molecule has 0 spiro atoms. The van der Waals surface area contributed by atoms with E-state index in [0.717, 1.165) is 43.0 Å². The van der Waals surface area contributed by atoms with Crippen molar-refractivity contribution in [3.8, 4) is 0 Å². The molecule has 5 nitrogen and oxygen atoms in total. The van der Waals surface area contributed by atoms with Crippen molar-refractivity contribution >= 4 is 45.9 Å². The number of aliphatic imine (C=N–C) groups is 1. The van der Waals surface area contributed by atoms with Crippen LogP contribution < -0.4 is 10.6 Å². The highest BCUT2D eigenvalue weighted by Crippen LogP contribution is 2.10. The molecule has 0 aromatic heterocycles. The van der Waals surface area contributed by atoms with Gasteiger partial charge in [-0.3, -0.25) is 4.99 Å². The van der Waals surface area contributed by atoms with E-state index in [2.05, 4.69) is 50.6 Å². The molecule has 24 heavy (non-hydrogen) atoms. The van der Waals surface area contributed by atoms with Crippen molar-refractivity contribution in [1.29, 1.82) is 0 Å². The summed E-state index contributed by atoms with van der Waals surface area (Å²) in [4.78, 5) is 4.19. The number of unbranched alkanes of at least 4 members (excludes halogenated alkanes) is 1. The fraction of sp³-hybridized carbons (Fsp3) is 0.588. The highest BCUT2D eigenvalue weighted by atomic mass is 127. The molecule has 0 atom stereocenters. The number of hydrogen-bond acceptors (Lipinski definition) is 3. The third-order valence-corrected chi connectivity index (χ3v) is 3.68. The number of guanidine groups is 1. The van der Waals surface area contributed by atoms with Crippen molar-refractivity contribution in [3.05, 3.63) is 34.3 Å². The molecule has 0 aliphatic rings. The smallest absolute Gasteiger partial charge is 0.191 e. The Morgan fingerprint density at radius 1 is 1.04 bits per heavy atom. The van der Waals surface area contributed by atoms with Gasteiger partial charge < -0.3 is 20.1 Å². The average molecular weight is 514 g/mol. The van der Waals surface area contributed by atoms with E-state index in [1.807, 2.05) is 12.1 Å². The van der Waals surface area contributed by atoms with E-state index in [4.69, 9.17) is 9.47 Å². The Hall–Kier alpha value is -0.380. The van der Waals surface area contributed by atoms with Crippen molar-refractivity contribution in [2.24, 2.45) is 4.99 Å². The number of nitrogens with zero attached hydrogens (tertiary/aromatic N) is 1. The maximum atomic E-state index is 5.51. The Balaban J connectivity index is 0.00000529. The van der Waals surface area contributed by atoms with Gasteiger partial charge in [0.1, 0.15) is 0 Å². The van der Waals surface area contributed by atoms with Crippen LogP contribution >= 0.6 is 39.9 Å². The van der Waals surface area contributed by atoms with Crippen LogP contribution in [0.1, 0.15) is 25.3 Å². The van der Waals surface area contributed by atoms with Crippen LogP contribution in [0.25, 0.3) is 0 Å². The highest BCUT2D eigenvalue weighted by molar-refractivity contribution is 14.0. The van der Waals surface area contributed by atoms with Gasteiger partial charge in [-0.05, 0) is 24.1 Å². The van der Waals surface area contributed by atoms with Gasteiger partial charge in [0.25, 0.3) is 0 Å². The predicted molar refractivity (Wildman–Crippen MR) is 114 cm³/mol. The molecule has 0 amide bonds. The van der Waals surface area contributed by atoms with E-state index >= 15 is 0 Å². The number of nitrogens with one attached hydrogen (secondary N) is 2. The molecule has 0 aliphatic carbocycles. The van der Waals surface area contributed by atoms with Crippen LogP contribution in [0.2, 0.25) is 0 Å². The zero-order chi connectivity index (χ0) is 16.8. The molecule has 7 heteroatoms. The maximum absolute atomic E-state index is 5.51. The Bertz CT molecular complexity index is 444. The summed E-state index contributed by atoms with van der Waals surface area (Å²) >= 11 is 3.43. The van der Waals surface area contributed by atoms with Crippen LogP contribution in [0.5, 0.6) is 0 Å². The molecule has 0 unspecified atom stereocenters. The first-order valence-electron chi connectivity index (χ1n) is 8.10. The predicted octanol–water partition coefficient (Wildman–Crippen LogP) is 3.57. The normalized spacial score (nSPS) is 11.0. The second-order valence-electron chi connectivity index (χ2n) is 5.06. The van der Waals surface area contributed by atoms with Crippen molar-refractivity contribution in [1.82, 2.24) is 10.6 Å². The molecule has 0 bridgehead atoms. The number of ether oxygens (including phenoxy) is 2. The van der Waals surface area contributed by atoms with Gasteiger partial charge in [0, 0.05) is 31.2 Å². The summed E-state index contributed by atoms with van der Waals surface area (Å²) in [7, 11) is 1.76.